The predicted octanol–water partition coefficient (Wildman–Crippen LogP) is 4.96. The van der Waals surface area contributed by atoms with E-state index in [1.807, 2.05) is 24.3 Å². The van der Waals surface area contributed by atoms with Gasteiger partial charge in [0.2, 0.25) is 0 Å². The normalized spacial score (nSPS) is 32.9. The summed E-state index contributed by atoms with van der Waals surface area (Å²) in [5.41, 5.74) is 1.75. The molecule has 5 aliphatic rings. The molecule has 4 saturated carbocycles. The van der Waals surface area contributed by atoms with Crippen molar-refractivity contribution in [2.75, 3.05) is 13.2 Å². The van der Waals surface area contributed by atoms with Crippen LogP contribution in [0.1, 0.15) is 48.9 Å². The van der Waals surface area contributed by atoms with Gasteiger partial charge in [0, 0.05) is 23.2 Å². The van der Waals surface area contributed by atoms with Crippen molar-refractivity contribution in [2.24, 2.45) is 23.2 Å². The standard InChI is InChI=1S/C24H25NO3/c26-21(1-2-24-11-15-5-16(12-24)7-17(6-15)13-24)19-8-18-9-22-23(28-4-3-27-22)10-20(18)25-14-19/h1-2,8-10,14-17H,3-7,11-13H2. The second-order valence-corrected chi connectivity index (χ2v) is 9.39. The van der Waals surface area contributed by atoms with Crippen molar-refractivity contribution in [2.45, 2.75) is 38.5 Å². The summed E-state index contributed by atoms with van der Waals surface area (Å²) >= 11 is 0. The topological polar surface area (TPSA) is 48.4 Å². The summed E-state index contributed by atoms with van der Waals surface area (Å²) in [4.78, 5) is 17.4. The number of allylic oxidation sites excluding steroid dienone is 2. The number of hydrogen-bond donors (Lipinski definition) is 0. The van der Waals surface area contributed by atoms with E-state index in [4.69, 9.17) is 9.47 Å². The smallest absolute Gasteiger partial charge is 0.187 e. The number of carbonyl (C=O) groups excluding carboxylic acids is 1. The van der Waals surface area contributed by atoms with Crippen molar-refractivity contribution >= 4 is 16.7 Å². The Morgan fingerprint density at radius 1 is 0.964 bits per heavy atom. The fourth-order valence-corrected chi connectivity index (χ4v) is 6.53. The molecule has 28 heavy (non-hydrogen) atoms. The molecule has 0 N–H and O–H groups in total. The summed E-state index contributed by atoms with van der Waals surface area (Å²) < 4.78 is 11.3. The first-order chi connectivity index (χ1) is 13.7. The number of ketones is 1. The lowest BCUT2D eigenvalue weighted by atomic mass is 9.49. The second kappa shape index (κ2) is 6.07. The fraction of sp³-hybridized carbons (Fsp3) is 0.500. The first-order valence-corrected chi connectivity index (χ1v) is 10.6. The van der Waals surface area contributed by atoms with Crippen molar-refractivity contribution in [3.05, 3.63) is 42.1 Å². The van der Waals surface area contributed by atoms with Gasteiger partial charge in [-0.3, -0.25) is 9.78 Å². The summed E-state index contributed by atoms with van der Waals surface area (Å²) in [6.07, 6.45) is 13.9. The van der Waals surface area contributed by atoms with E-state index in [0.717, 1.165) is 40.2 Å². The molecule has 1 aromatic heterocycles. The summed E-state index contributed by atoms with van der Waals surface area (Å²) in [6.45, 7) is 1.11. The molecule has 0 unspecified atom stereocenters. The number of hydrogen-bond acceptors (Lipinski definition) is 4. The molecule has 0 amide bonds. The van der Waals surface area contributed by atoms with Crippen LogP contribution in [0.5, 0.6) is 11.5 Å². The maximum Gasteiger partial charge on any atom is 0.187 e. The van der Waals surface area contributed by atoms with E-state index >= 15 is 0 Å². The minimum Gasteiger partial charge on any atom is -0.486 e. The van der Waals surface area contributed by atoms with Crippen LogP contribution in [-0.2, 0) is 0 Å². The zero-order valence-corrected chi connectivity index (χ0v) is 16.0. The van der Waals surface area contributed by atoms with Crippen LogP contribution in [0.25, 0.3) is 10.9 Å². The maximum absolute atomic E-state index is 12.9. The van der Waals surface area contributed by atoms with Crippen molar-refractivity contribution in [3.8, 4) is 11.5 Å². The number of fused-ring (bicyclic) bond motifs is 2. The first kappa shape index (κ1) is 16.6. The van der Waals surface area contributed by atoms with Crippen molar-refractivity contribution in [1.82, 2.24) is 4.98 Å². The first-order valence-electron chi connectivity index (χ1n) is 10.6. The van der Waals surface area contributed by atoms with Gasteiger partial charge in [0.05, 0.1) is 5.52 Å². The van der Waals surface area contributed by atoms with E-state index in [2.05, 4.69) is 11.1 Å². The molecular formula is C24H25NO3. The molecular weight excluding hydrogens is 350 g/mol. The fourth-order valence-electron chi connectivity index (χ4n) is 6.53. The zero-order chi connectivity index (χ0) is 18.7. The molecule has 2 heterocycles. The highest BCUT2D eigenvalue weighted by Crippen LogP contribution is 2.60. The molecule has 4 nitrogen and oxygen atoms in total. The van der Waals surface area contributed by atoms with Crippen molar-refractivity contribution in [3.63, 3.8) is 0 Å². The third-order valence-corrected chi connectivity index (χ3v) is 7.30. The summed E-state index contributed by atoms with van der Waals surface area (Å²) in [5, 5.41) is 0.915. The lowest BCUT2D eigenvalue weighted by Gasteiger charge is -2.55. The van der Waals surface area contributed by atoms with E-state index < -0.39 is 0 Å². The van der Waals surface area contributed by atoms with Crippen LogP contribution in [-0.4, -0.2) is 24.0 Å². The lowest BCUT2D eigenvalue weighted by molar-refractivity contribution is -0.0238. The van der Waals surface area contributed by atoms with Crippen molar-refractivity contribution in [1.29, 1.82) is 0 Å². The van der Waals surface area contributed by atoms with Gasteiger partial charge in [0.15, 0.2) is 17.3 Å². The molecule has 7 rings (SSSR count). The van der Waals surface area contributed by atoms with Crippen LogP contribution in [0.3, 0.4) is 0 Å². The van der Waals surface area contributed by atoms with Crippen LogP contribution < -0.4 is 9.47 Å². The van der Waals surface area contributed by atoms with Crippen LogP contribution in [0.4, 0.5) is 0 Å². The minimum atomic E-state index is 0.0556. The van der Waals surface area contributed by atoms with Gasteiger partial charge in [-0.15, -0.1) is 0 Å². The van der Waals surface area contributed by atoms with Crippen LogP contribution in [0, 0.1) is 23.2 Å². The molecule has 0 atom stereocenters. The number of pyridine rings is 1. The number of aromatic nitrogens is 1. The Balaban J connectivity index is 1.27. The van der Waals surface area contributed by atoms with E-state index in [-0.39, 0.29) is 11.2 Å². The summed E-state index contributed by atoms with van der Waals surface area (Å²) in [5.74, 6) is 4.19. The van der Waals surface area contributed by atoms with E-state index in [0.29, 0.717) is 18.8 Å². The molecule has 0 radical (unpaired) electrons. The van der Waals surface area contributed by atoms with Crippen LogP contribution >= 0.6 is 0 Å². The van der Waals surface area contributed by atoms with E-state index in [1.54, 1.807) is 6.20 Å². The molecule has 2 aromatic rings. The number of nitrogens with zero attached hydrogens (tertiary/aromatic N) is 1. The Morgan fingerprint density at radius 3 is 2.29 bits per heavy atom. The van der Waals surface area contributed by atoms with Gasteiger partial charge >= 0.3 is 0 Å². The molecule has 4 heteroatoms. The Kier molecular flexibility index (Phi) is 3.59. The third kappa shape index (κ3) is 2.73. The minimum absolute atomic E-state index is 0.0556. The van der Waals surface area contributed by atoms with Crippen molar-refractivity contribution < 1.29 is 14.3 Å². The predicted molar refractivity (Wildman–Crippen MR) is 107 cm³/mol. The number of benzene rings is 1. The van der Waals surface area contributed by atoms with Crippen LogP contribution in [0.15, 0.2) is 36.5 Å². The van der Waals surface area contributed by atoms with Gasteiger partial charge in [-0.25, -0.2) is 0 Å². The number of rotatable bonds is 3. The molecule has 1 aromatic carbocycles. The quantitative estimate of drug-likeness (QED) is 0.562. The summed E-state index contributed by atoms with van der Waals surface area (Å²) in [6, 6.07) is 5.74. The Morgan fingerprint density at radius 2 is 1.61 bits per heavy atom. The third-order valence-electron chi connectivity index (χ3n) is 7.30. The largest absolute Gasteiger partial charge is 0.486 e. The monoisotopic (exact) mass is 375 g/mol. The van der Waals surface area contributed by atoms with E-state index in [9.17, 15) is 4.79 Å². The van der Waals surface area contributed by atoms with Gasteiger partial charge in [-0.1, -0.05) is 6.08 Å². The molecule has 0 saturated heterocycles. The molecule has 4 bridgehead atoms. The average Bonchev–Trinajstić information content (AvgIpc) is 2.69. The highest BCUT2D eigenvalue weighted by molar-refractivity contribution is 6.06. The highest BCUT2D eigenvalue weighted by atomic mass is 16.6. The van der Waals surface area contributed by atoms with Gasteiger partial charge in [0.1, 0.15) is 13.2 Å². The van der Waals surface area contributed by atoms with E-state index in [1.165, 1.54) is 38.5 Å². The number of ether oxygens (including phenoxy) is 2. The highest BCUT2D eigenvalue weighted by Gasteiger charge is 2.49. The Bertz CT molecular complexity index is 957. The Hall–Kier alpha value is -2.36. The van der Waals surface area contributed by atoms with Gasteiger partial charge in [0.25, 0.3) is 0 Å². The second-order valence-electron chi connectivity index (χ2n) is 9.39. The molecule has 4 aliphatic carbocycles. The average molecular weight is 375 g/mol. The van der Waals surface area contributed by atoms with Gasteiger partial charge in [-0.2, -0.15) is 0 Å². The SMILES string of the molecule is O=C(C=CC12CC3CC(CC(C3)C1)C2)c1cnc2cc3c(cc2c1)OCCO3. The van der Waals surface area contributed by atoms with Gasteiger partial charge < -0.3 is 9.47 Å². The maximum atomic E-state index is 12.9. The van der Waals surface area contributed by atoms with Crippen LogP contribution in [0.2, 0.25) is 0 Å². The molecule has 144 valence electrons. The van der Waals surface area contributed by atoms with Gasteiger partial charge in [-0.05, 0) is 79.9 Å². The Labute approximate surface area is 164 Å². The lowest BCUT2D eigenvalue weighted by Crippen LogP contribution is -2.45. The molecule has 4 fully saturated rings. The number of carbonyl (C=O) groups is 1. The molecule has 1 aliphatic heterocycles. The molecule has 0 spiro atoms. The summed E-state index contributed by atoms with van der Waals surface area (Å²) in [7, 11) is 0. The zero-order valence-electron chi connectivity index (χ0n) is 16.0.